The van der Waals surface area contributed by atoms with Crippen LogP contribution in [0.1, 0.15) is 27.9 Å². The number of nitrogens with one attached hydrogen (secondary N) is 2. The van der Waals surface area contributed by atoms with E-state index in [-0.39, 0.29) is 12.2 Å². The topological polar surface area (TPSA) is 92.3 Å². The molecule has 0 saturated carbocycles. The molecule has 2 aromatic carbocycles. The second-order valence-electron chi connectivity index (χ2n) is 6.98. The lowest BCUT2D eigenvalue weighted by molar-refractivity contribution is -0.122. The first kappa shape index (κ1) is 22.9. The third-order valence-corrected chi connectivity index (χ3v) is 5.53. The Morgan fingerprint density at radius 2 is 1.79 bits per heavy atom. The number of carbonyl (C=O) groups excluding carboxylic acids is 2. The minimum absolute atomic E-state index is 0.00314. The summed E-state index contributed by atoms with van der Waals surface area (Å²) in [5, 5.41) is 6.06. The second-order valence-corrected chi connectivity index (χ2v) is 9.68. The minimum atomic E-state index is -3.27. The molecule has 2 N–H and O–H groups in total. The zero-order chi connectivity index (χ0) is 21.4. The second kappa shape index (κ2) is 10.4. The van der Waals surface area contributed by atoms with Crippen LogP contribution in [0.3, 0.4) is 0 Å². The van der Waals surface area contributed by atoms with Gasteiger partial charge in [-0.3, -0.25) is 9.59 Å². The number of amides is 2. The van der Waals surface area contributed by atoms with Crippen molar-refractivity contribution in [2.24, 2.45) is 0 Å². The largest absolute Gasteiger partial charge is 0.354 e. The smallest absolute Gasteiger partial charge is 0.251 e. The fourth-order valence-electron chi connectivity index (χ4n) is 2.73. The molecule has 0 saturated heterocycles. The molecule has 0 fully saturated rings. The van der Waals surface area contributed by atoms with Crippen molar-refractivity contribution >= 4 is 33.3 Å². The van der Waals surface area contributed by atoms with E-state index in [1.165, 1.54) is 0 Å². The van der Waals surface area contributed by atoms with E-state index in [4.69, 9.17) is 11.6 Å². The van der Waals surface area contributed by atoms with E-state index in [0.29, 0.717) is 23.6 Å². The van der Waals surface area contributed by atoms with Crippen LogP contribution in [0.15, 0.2) is 48.5 Å². The van der Waals surface area contributed by atoms with Gasteiger partial charge in [-0.05, 0) is 49.6 Å². The lowest BCUT2D eigenvalue weighted by Gasteiger charge is -2.18. The van der Waals surface area contributed by atoms with Crippen LogP contribution in [0.5, 0.6) is 0 Å². The molecule has 1 atom stereocenters. The van der Waals surface area contributed by atoms with Gasteiger partial charge in [0.2, 0.25) is 5.91 Å². The molecule has 0 aliphatic rings. The van der Waals surface area contributed by atoms with Crippen molar-refractivity contribution in [3.8, 4) is 0 Å². The molecule has 0 aromatic heterocycles. The molecule has 0 radical (unpaired) electrons. The Morgan fingerprint density at radius 1 is 1.10 bits per heavy atom. The first-order valence-corrected chi connectivity index (χ1v) is 11.7. The average Bonchev–Trinajstić information content (AvgIpc) is 2.65. The predicted molar refractivity (Wildman–Crippen MR) is 115 cm³/mol. The maximum Gasteiger partial charge on any atom is 0.251 e. The Hall–Kier alpha value is -2.38. The van der Waals surface area contributed by atoms with Gasteiger partial charge in [-0.2, -0.15) is 0 Å². The number of carbonyl (C=O) groups is 2. The lowest BCUT2D eigenvalue weighted by Crippen LogP contribution is -2.48. The van der Waals surface area contributed by atoms with Crippen molar-refractivity contribution in [3.05, 3.63) is 70.2 Å². The number of hydrogen-bond donors (Lipinski definition) is 2. The Balaban J connectivity index is 2.00. The molecule has 8 heteroatoms. The average molecular weight is 437 g/mol. The van der Waals surface area contributed by atoms with E-state index in [1.54, 1.807) is 30.3 Å². The molecule has 2 aromatic rings. The SMILES string of the molecule is Cc1cccc(C(=O)N[C@H](CCS(C)(=O)=O)C(=O)NCCc2ccc(Cl)cc2)c1. The summed E-state index contributed by atoms with van der Waals surface area (Å²) in [4.78, 5) is 25.1. The standard InChI is InChI=1S/C21H25ClN2O4S/c1-15-4-3-5-17(14-15)20(25)24-19(11-13-29(2,27)28)21(26)23-12-10-16-6-8-18(22)9-7-16/h3-9,14,19H,10-13H2,1-2H3,(H,23,26)(H,24,25)/t19-/m1/s1. The molecular formula is C21H25ClN2O4S. The van der Waals surface area contributed by atoms with Gasteiger partial charge in [0.05, 0.1) is 5.75 Å². The van der Waals surface area contributed by atoms with Crippen molar-refractivity contribution in [1.29, 1.82) is 0 Å². The fraction of sp³-hybridized carbons (Fsp3) is 0.333. The molecule has 0 unspecified atom stereocenters. The zero-order valence-electron chi connectivity index (χ0n) is 16.4. The van der Waals surface area contributed by atoms with Crippen LogP contribution in [-0.2, 0) is 21.1 Å². The van der Waals surface area contributed by atoms with Gasteiger partial charge in [0, 0.05) is 23.4 Å². The first-order valence-electron chi connectivity index (χ1n) is 9.21. The Bertz CT molecular complexity index is 959. The summed E-state index contributed by atoms with van der Waals surface area (Å²) in [6.07, 6.45) is 1.70. The normalized spacial score (nSPS) is 12.2. The van der Waals surface area contributed by atoms with Gasteiger partial charge in [0.1, 0.15) is 15.9 Å². The Morgan fingerprint density at radius 3 is 2.41 bits per heavy atom. The van der Waals surface area contributed by atoms with Gasteiger partial charge in [0.15, 0.2) is 0 Å². The molecule has 6 nitrogen and oxygen atoms in total. The van der Waals surface area contributed by atoms with Crippen molar-refractivity contribution in [3.63, 3.8) is 0 Å². The molecule has 2 amide bonds. The highest BCUT2D eigenvalue weighted by molar-refractivity contribution is 7.90. The zero-order valence-corrected chi connectivity index (χ0v) is 18.0. The molecule has 0 heterocycles. The molecule has 0 bridgehead atoms. The van der Waals surface area contributed by atoms with Gasteiger partial charge in [-0.1, -0.05) is 41.4 Å². The lowest BCUT2D eigenvalue weighted by atomic mass is 10.1. The summed E-state index contributed by atoms with van der Waals surface area (Å²) in [5.74, 6) is -1.03. The van der Waals surface area contributed by atoms with Crippen molar-refractivity contribution in [1.82, 2.24) is 10.6 Å². The summed E-state index contributed by atoms with van der Waals surface area (Å²) >= 11 is 5.86. The Labute approximate surface area is 176 Å². The highest BCUT2D eigenvalue weighted by atomic mass is 35.5. The highest BCUT2D eigenvalue weighted by Crippen LogP contribution is 2.10. The van der Waals surface area contributed by atoms with E-state index in [1.807, 2.05) is 25.1 Å². The maximum absolute atomic E-state index is 12.6. The van der Waals surface area contributed by atoms with Gasteiger partial charge in [-0.25, -0.2) is 8.42 Å². The Kier molecular flexibility index (Phi) is 8.22. The van der Waals surface area contributed by atoms with Gasteiger partial charge in [-0.15, -0.1) is 0 Å². The third-order valence-electron chi connectivity index (χ3n) is 4.31. The summed E-state index contributed by atoms with van der Waals surface area (Å²) < 4.78 is 23.1. The fourth-order valence-corrected chi connectivity index (χ4v) is 3.52. The molecule has 2 rings (SSSR count). The number of aryl methyl sites for hydroxylation is 1. The molecule has 0 spiro atoms. The first-order chi connectivity index (χ1) is 13.6. The number of benzene rings is 2. The van der Waals surface area contributed by atoms with E-state index < -0.39 is 27.7 Å². The molecular weight excluding hydrogens is 412 g/mol. The van der Waals surface area contributed by atoms with Crippen LogP contribution >= 0.6 is 11.6 Å². The van der Waals surface area contributed by atoms with Crippen molar-refractivity contribution in [2.75, 3.05) is 18.6 Å². The number of sulfone groups is 1. The summed E-state index contributed by atoms with van der Waals surface area (Å²) in [7, 11) is -3.27. The van der Waals surface area contributed by atoms with Crippen LogP contribution in [0, 0.1) is 6.92 Å². The minimum Gasteiger partial charge on any atom is -0.354 e. The summed E-state index contributed by atoms with van der Waals surface area (Å²) in [6, 6.07) is 13.3. The van der Waals surface area contributed by atoms with Crippen LogP contribution in [0.2, 0.25) is 5.02 Å². The van der Waals surface area contributed by atoms with Gasteiger partial charge >= 0.3 is 0 Å². The van der Waals surface area contributed by atoms with E-state index in [0.717, 1.165) is 17.4 Å². The number of rotatable bonds is 9. The highest BCUT2D eigenvalue weighted by Gasteiger charge is 2.22. The molecule has 0 aliphatic carbocycles. The summed E-state index contributed by atoms with van der Waals surface area (Å²) in [5.41, 5.74) is 2.34. The number of halogens is 1. The van der Waals surface area contributed by atoms with Crippen molar-refractivity contribution < 1.29 is 18.0 Å². The van der Waals surface area contributed by atoms with Crippen LogP contribution in [0.25, 0.3) is 0 Å². The molecule has 0 aliphatic heterocycles. The van der Waals surface area contributed by atoms with E-state index in [2.05, 4.69) is 10.6 Å². The summed E-state index contributed by atoms with van der Waals surface area (Å²) in [6.45, 7) is 2.22. The van der Waals surface area contributed by atoms with Crippen molar-refractivity contribution in [2.45, 2.75) is 25.8 Å². The van der Waals surface area contributed by atoms with E-state index in [9.17, 15) is 18.0 Å². The van der Waals surface area contributed by atoms with Crippen LogP contribution < -0.4 is 10.6 Å². The molecule has 29 heavy (non-hydrogen) atoms. The van der Waals surface area contributed by atoms with Crippen LogP contribution in [-0.4, -0.2) is 44.8 Å². The maximum atomic E-state index is 12.6. The predicted octanol–water partition coefficient (Wildman–Crippen LogP) is 2.54. The number of hydrogen-bond acceptors (Lipinski definition) is 4. The van der Waals surface area contributed by atoms with Gasteiger partial charge < -0.3 is 10.6 Å². The monoisotopic (exact) mass is 436 g/mol. The van der Waals surface area contributed by atoms with E-state index >= 15 is 0 Å². The van der Waals surface area contributed by atoms with Gasteiger partial charge in [0.25, 0.3) is 5.91 Å². The molecule has 156 valence electrons. The third kappa shape index (κ3) is 8.25. The quantitative estimate of drug-likeness (QED) is 0.631. The van der Waals surface area contributed by atoms with Crippen LogP contribution in [0.4, 0.5) is 0 Å².